The largest absolute Gasteiger partial charge is 0.298 e. The van der Waals surface area contributed by atoms with Gasteiger partial charge in [0.25, 0.3) is 0 Å². The molecule has 1 aromatic carbocycles. The summed E-state index contributed by atoms with van der Waals surface area (Å²) in [6.07, 6.45) is 1.50. The van der Waals surface area contributed by atoms with Gasteiger partial charge in [0, 0.05) is 5.56 Å². The van der Waals surface area contributed by atoms with Crippen LogP contribution in [0.5, 0.6) is 0 Å². The van der Waals surface area contributed by atoms with Crippen LogP contribution in [0.3, 0.4) is 0 Å². The first-order valence-corrected chi connectivity index (χ1v) is 3.73. The van der Waals surface area contributed by atoms with Crippen molar-refractivity contribution < 1.29 is 4.79 Å². The third kappa shape index (κ3) is 1.56. The van der Waals surface area contributed by atoms with Crippen LogP contribution < -0.4 is 0 Å². The summed E-state index contributed by atoms with van der Waals surface area (Å²) in [5.74, 6) is 0. The van der Waals surface area contributed by atoms with Crippen molar-refractivity contribution in [3.8, 4) is 0 Å². The van der Waals surface area contributed by atoms with E-state index < -0.39 is 0 Å². The predicted molar refractivity (Wildman–Crippen MR) is 46.7 cm³/mol. The minimum Gasteiger partial charge on any atom is -0.298 e. The zero-order valence-corrected chi connectivity index (χ0v) is 6.78. The molecular formula is C9H9NO2. The lowest BCUT2D eigenvalue weighted by atomic mass is 10.1. The van der Waals surface area contributed by atoms with E-state index in [0.29, 0.717) is 11.8 Å². The molecule has 0 N–H and O–H groups in total. The minimum absolute atomic E-state index is 0.210. The van der Waals surface area contributed by atoms with Crippen molar-refractivity contribution in [3.05, 3.63) is 34.2 Å². The molecule has 0 aliphatic carbocycles. The standard InChI is InChI=1S/C9H9NO2/c1-2-7-3-4-9(10-12)8(5-7)6-11/h3-6H,2H2,1H3. The molecule has 3 heteroatoms. The maximum atomic E-state index is 10.5. The third-order valence-electron chi connectivity index (χ3n) is 1.73. The van der Waals surface area contributed by atoms with Crippen LogP contribution in [0.4, 0.5) is 5.69 Å². The Kier molecular flexibility index (Phi) is 2.69. The number of benzene rings is 1. The Labute approximate surface area is 70.4 Å². The van der Waals surface area contributed by atoms with E-state index in [2.05, 4.69) is 5.18 Å². The van der Waals surface area contributed by atoms with Gasteiger partial charge < -0.3 is 0 Å². The fraction of sp³-hybridized carbons (Fsp3) is 0.222. The average molecular weight is 163 g/mol. The molecule has 12 heavy (non-hydrogen) atoms. The lowest BCUT2D eigenvalue weighted by Gasteiger charge is -1.98. The summed E-state index contributed by atoms with van der Waals surface area (Å²) in [7, 11) is 0. The second-order valence-corrected chi connectivity index (χ2v) is 2.46. The molecule has 0 fully saturated rings. The highest BCUT2D eigenvalue weighted by molar-refractivity contribution is 5.83. The van der Waals surface area contributed by atoms with Gasteiger partial charge in [0.05, 0.1) is 0 Å². The molecule has 0 aliphatic rings. The zero-order chi connectivity index (χ0) is 8.97. The van der Waals surface area contributed by atoms with E-state index in [0.717, 1.165) is 12.0 Å². The lowest BCUT2D eigenvalue weighted by molar-refractivity contribution is 0.112. The van der Waals surface area contributed by atoms with Gasteiger partial charge in [-0.2, -0.15) is 0 Å². The molecule has 0 bridgehead atoms. The number of aryl methyl sites for hydroxylation is 1. The Hall–Kier alpha value is -1.51. The van der Waals surface area contributed by atoms with Gasteiger partial charge in [-0.15, -0.1) is 4.91 Å². The first kappa shape index (κ1) is 8.59. The number of carbonyl (C=O) groups is 1. The van der Waals surface area contributed by atoms with Gasteiger partial charge in [0.1, 0.15) is 5.69 Å². The third-order valence-corrected chi connectivity index (χ3v) is 1.73. The van der Waals surface area contributed by atoms with Crippen molar-refractivity contribution in [2.24, 2.45) is 5.18 Å². The Morgan fingerprint density at radius 2 is 2.25 bits per heavy atom. The topological polar surface area (TPSA) is 46.5 Å². The number of aldehydes is 1. The fourth-order valence-corrected chi connectivity index (χ4v) is 1.00. The Balaban J connectivity index is 3.18. The summed E-state index contributed by atoms with van der Waals surface area (Å²) in [5, 5.41) is 2.74. The van der Waals surface area contributed by atoms with Gasteiger partial charge in [-0.05, 0) is 29.3 Å². The van der Waals surface area contributed by atoms with Gasteiger partial charge in [0.15, 0.2) is 6.29 Å². The van der Waals surface area contributed by atoms with E-state index >= 15 is 0 Å². The van der Waals surface area contributed by atoms with Crippen LogP contribution in [-0.4, -0.2) is 6.29 Å². The van der Waals surface area contributed by atoms with Crippen LogP contribution in [0.15, 0.2) is 23.4 Å². The molecule has 3 nitrogen and oxygen atoms in total. The van der Waals surface area contributed by atoms with Gasteiger partial charge in [-0.25, -0.2) is 0 Å². The maximum Gasteiger partial charge on any atom is 0.152 e. The molecule has 0 saturated carbocycles. The number of nitrogens with zero attached hydrogens (tertiary/aromatic N) is 1. The van der Waals surface area contributed by atoms with Crippen LogP contribution in [0.25, 0.3) is 0 Å². The first-order chi connectivity index (χ1) is 5.81. The summed E-state index contributed by atoms with van der Waals surface area (Å²) in [6, 6.07) is 5.04. The van der Waals surface area contributed by atoms with Gasteiger partial charge in [0.2, 0.25) is 0 Å². The van der Waals surface area contributed by atoms with Gasteiger partial charge in [-0.1, -0.05) is 13.0 Å². The van der Waals surface area contributed by atoms with Crippen molar-refractivity contribution in [1.29, 1.82) is 0 Å². The van der Waals surface area contributed by atoms with Crippen LogP contribution in [0.1, 0.15) is 22.8 Å². The second kappa shape index (κ2) is 3.76. The van der Waals surface area contributed by atoms with Crippen molar-refractivity contribution in [3.63, 3.8) is 0 Å². The number of nitroso groups, excluding NO2 is 1. The van der Waals surface area contributed by atoms with Crippen LogP contribution >= 0.6 is 0 Å². The normalized spacial score (nSPS) is 9.42. The summed E-state index contributed by atoms with van der Waals surface area (Å²) in [6.45, 7) is 1.98. The van der Waals surface area contributed by atoms with Crippen LogP contribution in [0, 0.1) is 4.91 Å². The summed E-state index contributed by atoms with van der Waals surface area (Å²) in [5.41, 5.74) is 1.61. The van der Waals surface area contributed by atoms with Crippen molar-refractivity contribution in [1.82, 2.24) is 0 Å². The van der Waals surface area contributed by atoms with Crippen molar-refractivity contribution in [2.45, 2.75) is 13.3 Å². The van der Waals surface area contributed by atoms with Gasteiger partial charge in [-0.3, -0.25) is 4.79 Å². The van der Waals surface area contributed by atoms with Crippen molar-refractivity contribution >= 4 is 12.0 Å². The summed E-state index contributed by atoms with van der Waals surface area (Å²) < 4.78 is 0. The molecule has 0 aromatic heterocycles. The maximum absolute atomic E-state index is 10.5. The molecule has 0 atom stereocenters. The molecule has 0 heterocycles. The number of hydrogen-bond acceptors (Lipinski definition) is 3. The highest BCUT2D eigenvalue weighted by Crippen LogP contribution is 2.18. The Bertz CT molecular complexity index is 307. The second-order valence-electron chi connectivity index (χ2n) is 2.46. The molecule has 1 aromatic rings. The van der Waals surface area contributed by atoms with E-state index in [9.17, 15) is 9.70 Å². The van der Waals surface area contributed by atoms with Crippen LogP contribution in [-0.2, 0) is 6.42 Å². The van der Waals surface area contributed by atoms with Gasteiger partial charge >= 0.3 is 0 Å². The Morgan fingerprint density at radius 3 is 2.75 bits per heavy atom. The highest BCUT2D eigenvalue weighted by atomic mass is 16.3. The molecule has 0 saturated heterocycles. The molecule has 62 valence electrons. The van der Waals surface area contributed by atoms with Crippen LogP contribution in [0.2, 0.25) is 0 Å². The summed E-state index contributed by atoms with van der Waals surface area (Å²) in [4.78, 5) is 20.6. The fourth-order valence-electron chi connectivity index (χ4n) is 1.00. The molecule has 0 aliphatic heterocycles. The molecule has 0 spiro atoms. The van der Waals surface area contributed by atoms with E-state index in [1.165, 1.54) is 0 Å². The minimum atomic E-state index is 0.210. The highest BCUT2D eigenvalue weighted by Gasteiger charge is 2.01. The van der Waals surface area contributed by atoms with E-state index in [1.807, 2.05) is 6.92 Å². The molecule has 0 amide bonds. The number of rotatable bonds is 3. The monoisotopic (exact) mass is 163 g/mol. The molecule has 0 unspecified atom stereocenters. The molecule has 1 rings (SSSR count). The van der Waals surface area contributed by atoms with E-state index in [4.69, 9.17) is 0 Å². The summed E-state index contributed by atoms with van der Waals surface area (Å²) >= 11 is 0. The number of hydrogen-bond donors (Lipinski definition) is 0. The SMILES string of the molecule is CCc1ccc(N=O)c(C=O)c1. The smallest absolute Gasteiger partial charge is 0.152 e. The molecular weight excluding hydrogens is 154 g/mol. The van der Waals surface area contributed by atoms with E-state index in [-0.39, 0.29) is 5.69 Å². The van der Waals surface area contributed by atoms with Crippen molar-refractivity contribution in [2.75, 3.05) is 0 Å². The number of carbonyl (C=O) groups excluding carboxylic acids is 1. The lowest BCUT2D eigenvalue weighted by Crippen LogP contribution is -1.85. The van der Waals surface area contributed by atoms with E-state index in [1.54, 1.807) is 18.2 Å². The Morgan fingerprint density at radius 1 is 1.50 bits per heavy atom. The molecule has 0 radical (unpaired) electrons. The quantitative estimate of drug-likeness (QED) is 0.507. The average Bonchev–Trinajstić information content (AvgIpc) is 2.16. The zero-order valence-electron chi connectivity index (χ0n) is 6.78. The predicted octanol–water partition coefficient (Wildman–Crippen LogP) is 2.46. The first-order valence-electron chi connectivity index (χ1n) is 3.73.